The predicted molar refractivity (Wildman–Crippen MR) is 64.6 cm³/mol. The van der Waals surface area contributed by atoms with Gasteiger partial charge < -0.3 is 9.88 Å². The van der Waals surface area contributed by atoms with Crippen LogP contribution in [0, 0.1) is 5.82 Å². The maximum atomic E-state index is 13.7. The fourth-order valence-corrected chi connectivity index (χ4v) is 2.33. The first-order valence-electron chi connectivity index (χ1n) is 6.10. The van der Waals surface area contributed by atoms with Crippen LogP contribution in [-0.4, -0.2) is 9.55 Å². The number of rotatable bonds is 1. The Balaban J connectivity index is 1.89. The van der Waals surface area contributed by atoms with Gasteiger partial charge in [0.25, 0.3) is 0 Å². The first kappa shape index (κ1) is 13.0. The lowest BCUT2D eigenvalue weighted by Crippen LogP contribution is -2.22. The molecule has 0 bridgehead atoms. The molecule has 0 aliphatic carbocycles. The summed E-state index contributed by atoms with van der Waals surface area (Å²) in [5.74, 6) is -0.252. The number of halogens is 4. The summed E-state index contributed by atoms with van der Waals surface area (Å²) in [5, 5.41) is 2.86. The number of benzene rings is 1. The van der Waals surface area contributed by atoms with Crippen LogP contribution in [0.5, 0.6) is 0 Å². The molecule has 20 heavy (non-hydrogen) atoms. The summed E-state index contributed by atoms with van der Waals surface area (Å²) in [6, 6.07) is 5.86. The normalized spacial score (nSPS) is 18.5. The molecule has 1 aliphatic heterocycles. The average Bonchev–Trinajstić information content (AvgIpc) is 2.82. The van der Waals surface area contributed by atoms with Gasteiger partial charge in [0.2, 0.25) is 5.95 Å². The van der Waals surface area contributed by atoms with Crippen LogP contribution in [0.2, 0.25) is 0 Å². The SMILES string of the molecule is Fc1ccccc1C1CCn2cc(C(F)(F)F)nc2N1. The van der Waals surface area contributed by atoms with Crippen molar-refractivity contribution in [2.45, 2.75) is 25.2 Å². The van der Waals surface area contributed by atoms with Crippen molar-refractivity contribution in [1.29, 1.82) is 0 Å². The Morgan fingerprint density at radius 1 is 1.25 bits per heavy atom. The maximum absolute atomic E-state index is 13.7. The minimum Gasteiger partial charge on any atom is -0.349 e. The van der Waals surface area contributed by atoms with E-state index in [-0.39, 0.29) is 17.8 Å². The van der Waals surface area contributed by atoms with Crippen LogP contribution in [0.15, 0.2) is 30.5 Å². The lowest BCUT2D eigenvalue weighted by Gasteiger charge is -2.25. The summed E-state index contributed by atoms with van der Waals surface area (Å²) in [7, 11) is 0. The highest BCUT2D eigenvalue weighted by molar-refractivity contribution is 5.37. The van der Waals surface area contributed by atoms with Gasteiger partial charge in [-0.05, 0) is 12.5 Å². The van der Waals surface area contributed by atoms with E-state index in [1.165, 1.54) is 10.6 Å². The first-order valence-corrected chi connectivity index (χ1v) is 6.10. The number of hydrogen-bond donors (Lipinski definition) is 1. The minimum atomic E-state index is -4.47. The van der Waals surface area contributed by atoms with Crippen LogP contribution in [0.25, 0.3) is 0 Å². The molecule has 1 aliphatic rings. The maximum Gasteiger partial charge on any atom is 0.434 e. The minimum absolute atomic E-state index is 0.122. The van der Waals surface area contributed by atoms with Gasteiger partial charge >= 0.3 is 6.18 Å². The third-order valence-corrected chi connectivity index (χ3v) is 3.31. The van der Waals surface area contributed by atoms with Crippen LogP contribution in [0.3, 0.4) is 0 Å². The second-order valence-electron chi connectivity index (χ2n) is 4.65. The van der Waals surface area contributed by atoms with Crippen molar-refractivity contribution in [1.82, 2.24) is 9.55 Å². The van der Waals surface area contributed by atoms with Gasteiger partial charge in [-0.25, -0.2) is 9.37 Å². The topological polar surface area (TPSA) is 29.9 Å². The molecule has 3 nitrogen and oxygen atoms in total. The summed E-state index contributed by atoms with van der Waals surface area (Å²) in [6.07, 6.45) is -3.00. The van der Waals surface area contributed by atoms with Gasteiger partial charge in [-0.1, -0.05) is 18.2 Å². The summed E-state index contributed by atoms with van der Waals surface area (Å²) in [5.41, 5.74) is -0.496. The Labute approximate surface area is 112 Å². The zero-order chi connectivity index (χ0) is 14.3. The number of nitrogens with one attached hydrogen (secondary N) is 1. The fourth-order valence-electron chi connectivity index (χ4n) is 2.33. The highest BCUT2D eigenvalue weighted by Crippen LogP contribution is 2.34. The number of alkyl halides is 3. The van der Waals surface area contributed by atoms with E-state index in [1.54, 1.807) is 18.2 Å². The molecule has 1 N–H and O–H groups in total. The Bertz CT molecular complexity index is 633. The van der Waals surface area contributed by atoms with Gasteiger partial charge in [0.1, 0.15) is 5.82 Å². The highest BCUT2D eigenvalue weighted by atomic mass is 19.4. The molecule has 1 aromatic heterocycles. The van der Waals surface area contributed by atoms with Crippen LogP contribution < -0.4 is 5.32 Å². The van der Waals surface area contributed by atoms with Crippen LogP contribution >= 0.6 is 0 Å². The van der Waals surface area contributed by atoms with Crippen molar-refractivity contribution in [2.75, 3.05) is 5.32 Å². The Kier molecular flexibility index (Phi) is 2.92. The molecule has 0 saturated carbocycles. The van der Waals surface area contributed by atoms with E-state index in [4.69, 9.17) is 0 Å². The second kappa shape index (κ2) is 4.50. The van der Waals surface area contributed by atoms with Gasteiger partial charge in [0.05, 0.1) is 6.04 Å². The molecular formula is C13H11F4N3. The smallest absolute Gasteiger partial charge is 0.349 e. The molecule has 2 heterocycles. The van der Waals surface area contributed by atoms with Crippen molar-refractivity contribution in [2.24, 2.45) is 0 Å². The molecule has 106 valence electrons. The molecule has 0 amide bonds. The molecule has 1 atom stereocenters. The molecule has 0 spiro atoms. The number of anilines is 1. The molecule has 2 aromatic rings. The number of aryl methyl sites for hydroxylation is 1. The highest BCUT2D eigenvalue weighted by Gasteiger charge is 2.36. The van der Waals surface area contributed by atoms with Crippen LogP contribution in [0.4, 0.5) is 23.5 Å². The molecule has 0 radical (unpaired) electrons. The second-order valence-corrected chi connectivity index (χ2v) is 4.65. The fraction of sp³-hybridized carbons (Fsp3) is 0.308. The standard InChI is InChI=1S/C13H11F4N3/c14-9-4-2-1-3-8(9)10-5-6-20-7-11(13(15,16)17)19-12(20)18-10/h1-4,7,10H,5-6H2,(H,18,19). The number of hydrogen-bond acceptors (Lipinski definition) is 2. The van der Waals surface area contributed by atoms with Crippen LogP contribution in [-0.2, 0) is 12.7 Å². The first-order chi connectivity index (χ1) is 9.45. The zero-order valence-electron chi connectivity index (χ0n) is 10.3. The summed E-state index contributed by atoms with van der Waals surface area (Å²) < 4.78 is 52.9. The number of imidazole rings is 1. The monoisotopic (exact) mass is 285 g/mol. The predicted octanol–water partition coefficient (Wildman–Crippen LogP) is 3.60. The van der Waals surface area contributed by atoms with E-state index in [0.29, 0.717) is 18.5 Å². The van der Waals surface area contributed by atoms with Crippen molar-refractivity contribution in [3.8, 4) is 0 Å². The largest absolute Gasteiger partial charge is 0.434 e. The average molecular weight is 285 g/mol. The lowest BCUT2D eigenvalue weighted by atomic mass is 10.0. The van der Waals surface area contributed by atoms with Crippen molar-refractivity contribution in [3.63, 3.8) is 0 Å². The van der Waals surface area contributed by atoms with Gasteiger partial charge in [-0.3, -0.25) is 0 Å². The van der Waals surface area contributed by atoms with Gasteiger partial charge in [0, 0.05) is 18.3 Å². The van der Waals surface area contributed by atoms with E-state index in [2.05, 4.69) is 10.3 Å². The van der Waals surface area contributed by atoms with E-state index in [1.807, 2.05) is 0 Å². The Hall–Kier alpha value is -2.05. The number of aromatic nitrogens is 2. The number of fused-ring (bicyclic) bond motifs is 1. The zero-order valence-corrected chi connectivity index (χ0v) is 10.3. The quantitative estimate of drug-likeness (QED) is 0.811. The number of nitrogens with zero attached hydrogens (tertiary/aromatic N) is 2. The molecule has 7 heteroatoms. The van der Waals surface area contributed by atoms with E-state index < -0.39 is 11.9 Å². The van der Waals surface area contributed by atoms with Crippen molar-refractivity contribution in [3.05, 3.63) is 47.5 Å². The van der Waals surface area contributed by atoms with E-state index in [9.17, 15) is 17.6 Å². The van der Waals surface area contributed by atoms with Gasteiger partial charge in [-0.2, -0.15) is 13.2 Å². The molecule has 1 aromatic carbocycles. The molecule has 0 saturated heterocycles. The molecule has 3 rings (SSSR count). The third kappa shape index (κ3) is 2.23. The lowest BCUT2D eigenvalue weighted by molar-refractivity contribution is -0.140. The van der Waals surface area contributed by atoms with Gasteiger partial charge in [-0.15, -0.1) is 0 Å². The van der Waals surface area contributed by atoms with Crippen molar-refractivity contribution >= 4 is 5.95 Å². The van der Waals surface area contributed by atoms with E-state index >= 15 is 0 Å². The summed E-state index contributed by atoms with van der Waals surface area (Å²) >= 11 is 0. The summed E-state index contributed by atoms with van der Waals surface area (Å²) in [4.78, 5) is 3.53. The van der Waals surface area contributed by atoms with Crippen molar-refractivity contribution < 1.29 is 17.6 Å². The molecular weight excluding hydrogens is 274 g/mol. The molecule has 1 unspecified atom stereocenters. The third-order valence-electron chi connectivity index (χ3n) is 3.31. The van der Waals surface area contributed by atoms with Gasteiger partial charge in [0.15, 0.2) is 5.69 Å². The Morgan fingerprint density at radius 3 is 2.70 bits per heavy atom. The van der Waals surface area contributed by atoms with E-state index in [0.717, 1.165) is 6.20 Å². The van der Waals surface area contributed by atoms with Crippen LogP contribution in [0.1, 0.15) is 23.7 Å². The Morgan fingerprint density at radius 2 is 2.00 bits per heavy atom. The summed E-state index contributed by atoms with van der Waals surface area (Å²) in [6.45, 7) is 0.365. The molecule has 0 fully saturated rings.